The average Bonchev–Trinajstić information content (AvgIpc) is 1.98. The minimum absolute atomic E-state index is 0.111. The fourth-order valence-corrected chi connectivity index (χ4v) is 3.02. The molecule has 0 amide bonds. The van der Waals surface area contributed by atoms with E-state index in [0.717, 1.165) is 0 Å². The van der Waals surface area contributed by atoms with Crippen molar-refractivity contribution >= 4 is 11.9 Å². The highest BCUT2D eigenvalue weighted by Gasteiger charge is 2.74. The van der Waals surface area contributed by atoms with E-state index in [1.165, 1.54) is 7.11 Å². The lowest BCUT2D eigenvalue weighted by Crippen LogP contribution is -2.68. The number of carbonyl (C=O) groups is 2. The van der Waals surface area contributed by atoms with Crippen LogP contribution in [0.15, 0.2) is 0 Å². The van der Waals surface area contributed by atoms with Crippen LogP contribution in [0.5, 0.6) is 0 Å². The molecular weight excluding hydrogens is 184 g/mol. The molecule has 0 spiro atoms. The van der Waals surface area contributed by atoms with Gasteiger partial charge in [-0.05, 0) is 24.7 Å². The summed E-state index contributed by atoms with van der Waals surface area (Å²) in [6.07, 6.45) is 2.08. The first-order valence-corrected chi connectivity index (χ1v) is 4.77. The summed E-state index contributed by atoms with van der Waals surface area (Å²) in [6, 6.07) is 0. The predicted octanol–water partition coefficient (Wildman–Crippen LogP) is 1.05. The summed E-state index contributed by atoms with van der Waals surface area (Å²) in [6.45, 7) is 1.72. The number of carboxylic acids is 1. The van der Waals surface area contributed by atoms with Crippen LogP contribution in [-0.4, -0.2) is 24.2 Å². The highest BCUT2D eigenvalue weighted by molar-refractivity contribution is 5.83. The molecule has 0 radical (unpaired) electrons. The van der Waals surface area contributed by atoms with Gasteiger partial charge >= 0.3 is 11.9 Å². The number of carbonyl (C=O) groups excluding carboxylic acids is 1. The molecular formula is C10H14O4. The molecule has 0 aromatic carbocycles. The van der Waals surface area contributed by atoms with Gasteiger partial charge in [-0.3, -0.25) is 9.59 Å². The summed E-state index contributed by atoms with van der Waals surface area (Å²) in [7, 11) is 1.38. The summed E-state index contributed by atoms with van der Waals surface area (Å²) in [5.41, 5.74) is -0.432. The number of carboxylic acid groups (broad SMARTS) is 1. The van der Waals surface area contributed by atoms with Crippen molar-refractivity contribution in [2.45, 2.75) is 26.2 Å². The van der Waals surface area contributed by atoms with Crippen molar-refractivity contribution in [3.8, 4) is 0 Å². The fraction of sp³-hybridized carbons (Fsp3) is 0.800. The predicted molar refractivity (Wildman–Crippen MR) is 47.5 cm³/mol. The normalized spacial score (nSPS) is 40.4. The van der Waals surface area contributed by atoms with E-state index in [1.807, 2.05) is 0 Å². The van der Waals surface area contributed by atoms with Crippen molar-refractivity contribution < 1.29 is 19.4 Å². The first-order valence-electron chi connectivity index (χ1n) is 4.77. The van der Waals surface area contributed by atoms with E-state index in [-0.39, 0.29) is 22.7 Å². The van der Waals surface area contributed by atoms with Gasteiger partial charge in [0.25, 0.3) is 0 Å². The van der Waals surface area contributed by atoms with Gasteiger partial charge in [0.15, 0.2) is 0 Å². The molecule has 1 atom stereocenters. The molecule has 4 heteroatoms. The SMILES string of the molecule is COC(=O)C12CC(C(C)C(=O)O)(C1)C2. The van der Waals surface area contributed by atoms with Crippen LogP contribution in [0, 0.1) is 16.7 Å². The van der Waals surface area contributed by atoms with E-state index in [2.05, 4.69) is 0 Å². The third kappa shape index (κ3) is 0.885. The van der Waals surface area contributed by atoms with Crippen molar-refractivity contribution in [1.82, 2.24) is 0 Å². The molecule has 3 saturated carbocycles. The quantitative estimate of drug-likeness (QED) is 0.688. The first kappa shape index (κ1) is 9.49. The smallest absolute Gasteiger partial charge is 0.311 e. The monoisotopic (exact) mass is 198 g/mol. The summed E-state index contributed by atoms with van der Waals surface area (Å²) < 4.78 is 4.69. The second-order valence-corrected chi connectivity index (χ2v) is 4.72. The van der Waals surface area contributed by atoms with Gasteiger partial charge < -0.3 is 9.84 Å². The van der Waals surface area contributed by atoms with E-state index < -0.39 is 5.97 Å². The van der Waals surface area contributed by atoms with Gasteiger partial charge in [0.1, 0.15) is 0 Å². The number of aliphatic carboxylic acids is 1. The van der Waals surface area contributed by atoms with Gasteiger partial charge in [-0.15, -0.1) is 0 Å². The number of hydrogen-bond donors (Lipinski definition) is 1. The molecule has 2 bridgehead atoms. The van der Waals surface area contributed by atoms with E-state index in [9.17, 15) is 9.59 Å². The molecule has 3 rings (SSSR count). The number of ether oxygens (including phenoxy) is 1. The van der Waals surface area contributed by atoms with Crippen molar-refractivity contribution in [2.24, 2.45) is 16.7 Å². The maximum atomic E-state index is 11.3. The molecule has 3 aliphatic rings. The Morgan fingerprint density at radius 3 is 2.21 bits per heavy atom. The zero-order valence-corrected chi connectivity index (χ0v) is 8.37. The summed E-state index contributed by atoms with van der Waals surface area (Å²) in [4.78, 5) is 22.1. The Hall–Kier alpha value is -1.06. The number of hydrogen-bond acceptors (Lipinski definition) is 3. The van der Waals surface area contributed by atoms with E-state index >= 15 is 0 Å². The second-order valence-electron chi connectivity index (χ2n) is 4.72. The van der Waals surface area contributed by atoms with Gasteiger partial charge in [0.05, 0.1) is 18.4 Å². The van der Waals surface area contributed by atoms with Gasteiger partial charge in [0, 0.05) is 0 Å². The molecule has 3 aliphatic carbocycles. The lowest BCUT2D eigenvalue weighted by molar-refractivity contribution is -0.244. The van der Waals surface area contributed by atoms with Crippen LogP contribution in [0.4, 0.5) is 0 Å². The topological polar surface area (TPSA) is 63.6 Å². The van der Waals surface area contributed by atoms with E-state index in [4.69, 9.17) is 9.84 Å². The van der Waals surface area contributed by atoms with Crippen LogP contribution < -0.4 is 0 Å². The highest BCUT2D eigenvalue weighted by atomic mass is 16.5. The number of esters is 1. The van der Waals surface area contributed by atoms with Crippen LogP contribution in [0.3, 0.4) is 0 Å². The van der Waals surface area contributed by atoms with Gasteiger partial charge in [-0.25, -0.2) is 0 Å². The van der Waals surface area contributed by atoms with Crippen molar-refractivity contribution in [1.29, 1.82) is 0 Å². The minimum atomic E-state index is -0.761. The Labute approximate surface area is 82.2 Å². The maximum Gasteiger partial charge on any atom is 0.311 e. The lowest BCUT2D eigenvalue weighted by Gasteiger charge is -2.70. The van der Waals surface area contributed by atoms with Crippen LogP contribution in [0.25, 0.3) is 0 Å². The standard InChI is InChI=1S/C10H14O4/c1-6(7(11)12)9-3-10(4-9,5-9)8(13)14-2/h6H,3-5H2,1-2H3,(H,11,12). The number of rotatable bonds is 3. The minimum Gasteiger partial charge on any atom is -0.481 e. The van der Waals surface area contributed by atoms with E-state index in [0.29, 0.717) is 19.3 Å². The van der Waals surface area contributed by atoms with Gasteiger partial charge in [0.2, 0.25) is 0 Å². The Kier molecular flexibility index (Phi) is 1.69. The molecule has 4 nitrogen and oxygen atoms in total. The van der Waals surface area contributed by atoms with Crippen LogP contribution in [0.2, 0.25) is 0 Å². The molecule has 0 aromatic rings. The molecule has 1 N–H and O–H groups in total. The lowest BCUT2D eigenvalue weighted by atomic mass is 9.32. The third-order valence-corrected chi connectivity index (χ3v) is 3.98. The summed E-state index contributed by atoms with van der Waals surface area (Å²) in [5.74, 6) is -1.27. The largest absolute Gasteiger partial charge is 0.481 e. The van der Waals surface area contributed by atoms with Crippen LogP contribution >= 0.6 is 0 Å². The van der Waals surface area contributed by atoms with Crippen molar-refractivity contribution in [3.63, 3.8) is 0 Å². The molecule has 14 heavy (non-hydrogen) atoms. The average molecular weight is 198 g/mol. The molecule has 0 heterocycles. The second kappa shape index (κ2) is 2.49. The van der Waals surface area contributed by atoms with Crippen LogP contribution in [-0.2, 0) is 14.3 Å². The van der Waals surface area contributed by atoms with Crippen molar-refractivity contribution in [2.75, 3.05) is 7.11 Å². The molecule has 0 aliphatic heterocycles. The van der Waals surface area contributed by atoms with E-state index in [1.54, 1.807) is 6.92 Å². The Bertz CT molecular complexity index is 287. The molecule has 1 unspecified atom stereocenters. The summed E-state index contributed by atoms with van der Waals surface area (Å²) in [5, 5.41) is 8.87. The summed E-state index contributed by atoms with van der Waals surface area (Å²) >= 11 is 0. The Morgan fingerprint density at radius 2 is 1.86 bits per heavy atom. The van der Waals surface area contributed by atoms with Gasteiger partial charge in [-0.2, -0.15) is 0 Å². The van der Waals surface area contributed by atoms with Crippen molar-refractivity contribution in [3.05, 3.63) is 0 Å². The molecule has 0 aromatic heterocycles. The van der Waals surface area contributed by atoms with Crippen LogP contribution in [0.1, 0.15) is 26.2 Å². The zero-order valence-electron chi connectivity index (χ0n) is 8.37. The number of methoxy groups -OCH3 is 1. The fourth-order valence-electron chi connectivity index (χ4n) is 3.02. The maximum absolute atomic E-state index is 11.3. The van der Waals surface area contributed by atoms with Gasteiger partial charge in [-0.1, -0.05) is 6.92 Å². The third-order valence-electron chi connectivity index (χ3n) is 3.98. The molecule has 3 fully saturated rings. The Morgan fingerprint density at radius 1 is 1.36 bits per heavy atom. The molecule has 78 valence electrons. The molecule has 0 saturated heterocycles. The first-order chi connectivity index (χ1) is 6.46. The Balaban J connectivity index is 2.00. The highest BCUT2D eigenvalue weighted by Crippen LogP contribution is 2.76. The zero-order chi connectivity index (χ0) is 10.6.